The third kappa shape index (κ3) is 6.20. The van der Waals surface area contributed by atoms with Crippen molar-refractivity contribution in [1.82, 2.24) is 4.90 Å². The van der Waals surface area contributed by atoms with Gasteiger partial charge in [-0.1, -0.05) is 16.8 Å². The molecule has 1 saturated heterocycles. The number of hydrogen-bond donors (Lipinski definition) is 3. The first-order valence-electron chi connectivity index (χ1n) is 11.2. The van der Waals surface area contributed by atoms with E-state index < -0.39 is 0 Å². The van der Waals surface area contributed by atoms with Gasteiger partial charge in [0, 0.05) is 33.9 Å². The van der Waals surface area contributed by atoms with Crippen molar-refractivity contribution in [2.24, 2.45) is 15.1 Å². The SMILES string of the molecule is CCOC(=O)c1ccc(NC2=NC(=N)/C(=N\O)N=C2N2CCC(Sc3ccc(Cl)cc3)CC2)cc1. The molecule has 0 saturated carbocycles. The summed E-state index contributed by atoms with van der Waals surface area (Å²) in [5.74, 6) is 0.130. The van der Waals surface area contributed by atoms with Crippen molar-refractivity contribution in [2.75, 3.05) is 25.0 Å². The largest absolute Gasteiger partial charge is 0.462 e. The van der Waals surface area contributed by atoms with Crippen LogP contribution in [0.25, 0.3) is 0 Å². The molecule has 2 heterocycles. The summed E-state index contributed by atoms with van der Waals surface area (Å²) in [5, 5.41) is 24.8. The monoisotopic (exact) mass is 512 g/mol. The fraction of sp³-hybridized carbons (Fsp3) is 0.292. The van der Waals surface area contributed by atoms with E-state index in [1.807, 2.05) is 36.0 Å². The summed E-state index contributed by atoms with van der Waals surface area (Å²) in [6.07, 6.45) is 1.85. The van der Waals surface area contributed by atoms with Crippen molar-refractivity contribution in [2.45, 2.75) is 29.9 Å². The van der Waals surface area contributed by atoms with Gasteiger partial charge in [-0.2, -0.15) is 0 Å². The molecule has 0 aliphatic carbocycles. The number of rotatable bonds is 5. The van der Waals surface area contributed by atoms with Gasteiger partial charge in [-0.15, -0.1) is 11.8 Å². The van der Waals surface area contributed by atoms with Crippen molar-refractivity contribution < 1.29 is 14.7 Å². The van der Waals surface area contributed by atoms with E-state index >= 15 is 0 Å². The Kier molecular flexibility index (Phi) is 8.04. The standard InChI is InChI=1S/C24H25ClN6O3S/c1-2-34-24(32)15-3-7-17(8-4-15)27-22-23(29-21(30-33)20(26)28-22)31-13-11-19(12-14-31)35-18-9-5-16(25)6-10-18/h3-10,19,33H,2,11-14H2,1H3,(H2,26,27,28)/b30-21+. The van der Waals surface area contributed by atoms with Crippen LogP contribution in [0.4, 0.5) is 5.69 Å². The lowest BCUT2D eigenvalue weighted by Crippen LogP contribution is -2.47. The summed E-state index contributed by atoms with van der Waals surface area (Å²) >= 11 is 7.82. The number of aliphatic imine (C=N–C) groups is 2. The lowest BCUT2D eigenvalue weighted by Gasteiger charge is -2.35. The van der Waals surface area contributed by atoms with Gasteiger partial charge < -0.3 is 20.2 Å². The maximum Gasteiger partial charge on any atom is 0.338 e. The number of likely N-dealkylation sites (tertiary alicyclic amines) is 1. The minimum absolute atomic E-state index is 0.138. The molecule has 0 spiro atoms. The van der Waals surface area contributed by atoms with Crippen LogP contribution < -0.4 is 5.32 Å². The third-order valence-corrected chi connectivity index (χ3v) is 7.07. The molecular formula is C24H25ClN6O3S. The number of esters is 1. The normalized spacial score (nSPS) is 17.7. The van der Waals surface area contributed by atoms with Crippen molar-refractivity contribution in [1.29, 1.82) is 5.41 Å². The van der Waals surface area contributed by atoms with Gasteiger partial charge in [-0.3, -0.25) is 5.41 Å². The van der Waals surface area contributed by atoms with Crippen LogP contribution in [0.5, 0.6) is 0 Å². The Morgan fingerprint density at radius 3 is 2.51 bits per heavy atom. The molecule has 2 aromatic carbocycles. The number of piperidine rings is 1. The summed E-state index contributed by atoms with van der Waals surface area (Å²) < 4.78 is 5.02. The molecule has 182 valence electrons. The summed E-state index contributed by atoms with van der Waals surface area (Å²) in [4.78, 5) is 23.9. The Morgan fingerprint density at radius 2 is 1.89 bits per heavy atom. The van der Waals surface area contributed by atoms with Gasteiger partial charge in [0.2, 0.25) is 5.84 Å². The van der Waals surface area contributed by atoms with Crippen LogP contribution in [0.1, 0.15) is 30.1 Å². The number of anilines is 1. The number of nitrogens with one attached hydrogen (secondary N) is 2. The highest BCUT2D eigenvalue weighted by Gasteiger charge is 2.29. The van der Waals surface area contributed by atoms with Crippen LogP contribution in [-0.4, -0.2) is 64.4 Å². The maximum atomic E-state index is 11.9. The van der Waals surface area contributed by atoms with Gasteiger partial charge in [0.25, 0.3) is 0 Å². The smallest absolute Gasteiger partial charge is 0.338 e. The van der Waals surface area contributed by atoms with E-state index in [2.05, 4.69) is 25.4 Å². The second kappa shape index (κ2) is 11.4. The number of amidine groups is 4. The first-order chi connectivity index (χ1) is 17.0. The molecule has 0 unspecified atom stereocenters. The zero-order valence-electron chi connectivity index (χ0n) is 19.1. The van der Waals surface area contributed by atoms with Gasteiger partial charge in [0.1, 0.15) is 0 Å². The molecule has 0 aromatic heterocycles. The van der Waals surface area contributed by atoms with Gasteiger partial charge in [0.05, 0.1) is 12.2 Å². The van der Waals surface area contributed by atoms with Crippen molar-refractivity contribution in [3.8, 4) is 0 Å². The van der Waals surface area contributed by atoms with Crippen molar-refractivity contribution in [3.05, 3.63) is 59.1 Å². The maximum absolute atomic E-state index is 11.9. The first-order valence-corrected chi connectivity index (χ1v) is 12.4. The number of nitrogens with zero attached hydrogens (tertiary/aromatic N) is 4. The highest BCUT2D eigenvalue weighted by atomic mass is 35.5. The summed E-state index contributed by atoms with van der Waals surface area (Å²) in [5.41, 5.74) is 1.12. The van der Waals surface area contributed by atoms with Crippen LogP contribution in [0, 0.1) is 5.41 Å². The van der Waals surface area contributed by atoms with Gasteiger partial charge >= 0.3 is 5.97 Å². The van der Waals surface area contributed by atoms with E-state index in [9.17, 15) is 10.0 Å². The van der Waals surface area contributed by atoms with Crippen LogP contribution in [0.2, 0.25) is 5.02 Å². The molecule has 0 atom stereocenters. The number of carbonyl (C=O) groups is 1. The topological polar surface area (TPSA) is 123 Å². The Labute approximate surface area is 212 Å². The molecule has 2 aliphatic rings. The summed E-state index contributed by atoms with van der Waals surface area (Å²) in [6, 6.07) is 14.6. The fourth-order valence-corrected chi connectivity index (χ4v) is 4.97. The number of oxime groups is 1. The molecule has 1 fully saturated rings. The fourth-order valence-electron chi connectivity index (χ4n) is 3.72. The molecule has 0 radical (unpaired) electrons. The average Bonchev–Trinajstić information content (AvgIpc) is 2.87. The van der Waals surface area contributed by atoms with E-state index in [0.29, 0.717) is 34.8 Å². The van der Waals surface area contributed by atoms with E-state index in [-0.39, 0.29) is 17.6 Å². The zero-order valence-corrected chi connectivity index (χ0v) is 20.6. The predicted molar refractivity (Wildman–Crippen MR) is 140 cm³/mol. The second-order valence-corrected chi connectivity index (χ2v) is 9.66. The Balaban J connectivity index is 1.45. The minimum Gasteiger partial charge on any atom is -0.462 e. The predicted octanol–water partition coefficient (Wildman–Crippen LogP) is 4.76. The molecule has 35 heavy (non-hydrogen) atoms. The molecule has 2 aromatic rings. The molecule has 0 bridgehead atoms. The molecule has 9 nitrogen and oxygen atoms in total. The van der Waals surface area contributed by atoms with E-state index in [1.165, 1.54) is 4.90 Å². The molecule has 3 N–H and O–H groups in total. The number of ether oxygens (including phenoxy) is 1. The number of carbonyl (C=O) groups excluding carboxylic acids is 1. The molecule has 0 amide bonds. The second-order valence-electron chi connectivity index (χ2n) is 7.85. The van der Waals surface area contributed by atoms with Gasteiger partial charge in [0.15, 0.2) is 17.5 Å². The first kappa shape index (κ1) is 24.7. The number of thioether (sulfide) groups is 1. The Bertz CT molecular complexity index is 1170. The summed E-state index contributed by atoms with van der Waals surface area (Å²) in [7, 11) is 0. The minimum atomic E-state index is -0.388. The van der Waals surface area contributed by atoms with Crippen LogP contribution in [0.3, 0.4) is 0 Å². The quantitative estimate of drug-likeness (QED) is 0.301. The third-order valence-electron chi connectivity index (χ3n) is 5.47. The Morgan fingerprint density at radius 1 is 1.20 bits per heavy atom. The molecule has 11 heteroatoms. The van der Waals surface area contributed by atoms with Crippen molar-refractivity contribution >= 4 is 58.4 Å². The van der Waals surface area contributed by atoms with Gasteiger partial charge in [-0.05, 0) is 68.3 Å². The lowest BCUT2D eigenvalue weighted by molar-refractivity contribution is 0.0526. The average molecular weight is 513 g/mol. The highest BCUT2D eigenvalue weighted by Crippen LogP contribution is 2.31. The number of benzene rings is 2. The van der Waals surface area contributed by atoms with Crippen LogP contribution in [-0.2, 0) is 4.74 Å². The number of halogens is 1. The van der Waals surface area contributed by atoms with Crippen LogP contribution in [0.15, 0.2) is 68.6 Å². The number of hydrogen-bond acceptors (Lipinski definition) is 8. The van der Waals surface area contributed by atoms with Gasteiger partial charge in [-0.25, -0.2) is 14.8 Å². The molecular weight excluding hydrogens is 488 g/mol. The Hall–Kier alpha value is -3.37. The lowest BCUT2D eigenvalue weighted by atomic mass is 10.1. The summed E-state index contributed by atoms with van der Waals surface area (Å²) in [6.45, 7) is 3.53. The molecule has 4 rings (SSSR count). The van der Waals surface area contributed by atoms with Crippen LogP contribution >= 0.6 is 23.4 Å². The highest BCUT2D eigenvalue weighted by molar-refractivity contribution is 8.00. The van der Waals surface area contributed by atoms with Crippen molar-refractivity contribution in [3.63, 3.8) is 0 Å². The molecule has 2 aliphatic heterocycles. The van der Waals surface area contributed by atoms with E-state index in [0.717, 1.165) is 31.0 Å². The van der Waals surface area contributed by atoms with E-state index in [1.54, 1.807) is 31.2 Å². The van der Waals surface area contributed by atoms with E-state index in [4.69, 9.17) is 21.7 Å². The zero-order chi connectivity index (χ0) is 24.8.